The van der Waals surface area contributed by atoms with Gasteiger partial charge >= 0.3 is 0 Å². The zero-order valence-electron chi connectivity index (χ0n) is 9.97. The van der Waals surface area contributed by atoms with E-state index in [2.05, 4.69) is 31.1 Å². The lowest BCUT2D eigenvalue weighted by atomic mass is 9.96. The minimum atomic E-state index is 0. The van der Waals surface area contributed by atoms with Crippen LogP contribution in [0.25, 0.3) is 0 Å². The lowest BCUT2D eigenvalue weighted by Crippen LogP contribution is -2.37. The quantitative estimate of drug-likeness (QED) is 0.702. The molecule has 1 amide bonds. The number of nitrogens with zero attached hydrogens (tertiary/aromatic N) is 1. The third kappa shape index (κ3) is 5.22. The number of carbonyl (C=O) groups excluding carboxylic acids is 1. The van der Waals surface area contributed by atoms with Gasteiger partial charge in [-0.15, -0.1) is 0 Å². The second kappa shape index (κ2) is 7.80. The fraction of sp³-hybridized carbons (Fsp3) is 0.909. The van der Waals surface area contributed by atoms with E-state index in [9.17, 15) is 4.79 Å². The molecule has 0 aromatic carbocycles. The second-order valence-electron chi connectivity index (χ2n) is 3.90. The number of hydrogen-bond donors (Lipinski definition) is 1. The van der Waals surface area contributed by atoms with Gasteiger partial charge in [0, 0.05) is 14.4 Å². The van der Waals surface area contributed by atoms with E-state index in [1.807, 2.05) is 0 Å². The van der Waals surface area contributed by atoms with E-state index in [1.165, 1.54) is 6.42 Å². The Morgan fingerprint density at radius 2 is 1.86 bits per heavy atom. The molecule has 0 atom stereocenters. The van der Waals surface area contributed by atoms with Gasteiger partial charge in [-0.3, -0.25) is 4.79 Å². The molecule has 1 fully saturated rings. The van der Waals surface area contributed by atoms with Crippen molar-refractivity contribution in [3.8, 4) is 0 Å². The number of carbonyl (C=O) groups is 1. The van der Waals surface area contributed by atoms with Gasteiger partial charge in [0.15, 0.2) is 0 Å². The van der Waals surface area contributed by atoms with E-state index in [0.717, 1.165) is 25.9 Å². The summed E-state index contributed by atoms with van der Waals surface area (Å²) in [6.45, 7) is 6.36. The zero-order valence-corrected chi connectivity index (χ0v) is 9.97. The van der Waals surface area contributed by atoms with E-state index in [-0.39, 0.29) is 13.3 Å². The molecule has 1 rings (SSSR count). The Balaban J connectivity index is 0. The fourth-order valence-electron chi connectivity index (χ4n) is 1.47. The summed E-state index contributed by atoms with van der Waals surface area (Å²) in [6, 6.07) is 0. The summed E-state index contributed by atoms with van der Waals surface area (Å²) in [6.07, 6.45) is 3.27. The molecule has 1 saturated heterocycles. The van der Waals surface area contributed by atoms with Crippen LogP contribution in [-0.4, -0.2) is 38.0 Å². The van der Waals surface area contributed by atoms with Gasteiger partial charge in [-0.2, -0.15) is 0 Å². The summed E-state index contributed by atoms with van der Waals surface area (Å²) < 4.78 is 0. The third-order valence-electron chi connectivity index (χ3n) is 2.34. The largest absolute Gasteiger partial charge is 0.359 e. The molecule has 1 aliphatic heterocycles. The summed E-state index contributed by atoms with van der Waals surface area (Å²) in [5, 5.41) is 2.69. The SMILES string of the molecule is CCC.CNC(=O)C1CCN(C)CC1.[HH]. The van der Waals surface area contributed by atoms with Gasteiger partial charge in [-0.25, -0.2) is 0 Å². The minimum absolute atomic E-state index is 0. The molecule has 0 radical (unpaired) electrons. The lowest BCUT2D eigenvalue weighted by Gasteiger charge is -2.27. The van der Waals surface area contributed by atoms with Crippen LogP contribution >= 0.6 is 0 Å². The normalized spacial score (nSPS) is 18.3. The van der Waals surface area contributed by atoms with Crippen molar-refractivity contribution in [2.75, 3.05) is 27.2 Å². The van der Waals surface area contributed by atoms with Crippen molar-refractivity contribution < 1.29 is 6.22 Å². The first-order chi connectivity index (χ1) is 6.65. The van der Waals surface area contributed by atoms with E-state index in [1.54, 1.807) is 7.05 Å². The van der Waals surface area contributed by atoms with Crippen LogP contribution in [0.3, 0.4) is 0 Å². The molecule has 0 bridgehead atoms. The average molecular weight is 202 g/mol. The highest BCUT2D eigenvalue weighted by Gasteiger charge is 2.21. The maximum absolute atomic E-state index is 11.1. The summed E-state index contributed by atoms with van der Waals surface area (Å²) in [7, 11) is 3.81. The molecule has 0 spiro atoms. The molecule has 0 aromatic rings. The van der Waals surface area contributed by atoms with E-state index in [4.69, 9.17) is 0 Å². The van der Waals surface area contributed by atoms with Crippen molar-refractivity contribution >= 4 is 5.91 Å². The van der Waals surface area contributed by atoms with Crippen LogP contribution in [0.15, 0.2) is 0 Å². The van der Waals surface area contributed by atoms with Crippen molar-refractivity contribution in [1.29, 1.82) is 0 Å². The molecule has 1 N–H and O–H groups in total. The number of likely N-dealkylation sites (tertiary alicyclic amines) is 1. The van der Waals surface area contributed by atoms with Gasteiger partial charge in [0.25, 0.3) is 0 Å². The molecule has 0 unspecified atom stereocenters. The Bertz CT molecular complexity index is 157. The van der Waals surface area contributed by atoms with Crippen LogP contribution in [0, 0.1) is 5.92 Å². The molecule has 14 heavy (non-hydrogen) atoms. The summed E-state index contributed by atoms with van der Waals surface area (Å²) in [4.78, 5) is 13.4. The predicted octanol–water partition coefficient (Wildman–Crippen LogP) is 1.74. The molecule has 1 heterocycles. The van der Waals surface area contributed by atoms with E-state index >= 15 is 0 Å². The van der Waals surface area contributed by atoms with Crippen molar-refractivity contribution in [3.63, 3.8) is 0 Å². The van der Waals surface area contributed by atoms with Crippen molar-refractivity contribution in [2.45, 2.75) is 33.1 Å². The summed E-state index contributed by atoms with van der Waals surface area (Å²) >= 11 is 0. The van der Waals surface area contributed by atoms with Gasteiger partial charge in [0.05, 0.1) is 0 Å². The Hall–Kier alpha value is -0.570. The summed E-state index contributed by atoms with van der Waals surface area (Å²) in [5.74, 6) is 0.467. The van der Waals surface area contributed by atoms with Crippen LogP contribution < -0.4 is 5.32 Å². The van der Waals surface area contributed by atoms with Gasteiger partial charge in [0.1, 0.15) is 0 Å². The molecule has 3 nitrogen and oxygen atoms in total. The molecule has 0 saturated carbocycles. The van der Waals surface area contributed by atoms with Crippen LogP contribution in [0.1, 0.15) is 34.5 Å². The van der Waals surface area contributed by atoms with Gasteiger partial charge < -0.3 is 10.2 Å². The maximum atomic E-state index is 11.1. The molecule has 86 valence electrons. The molecular formula is C11H26N2O. The number of piperidine rings is 1. The highest BCUT2D eigenvalue weighted by molar-refractivity contribution is 5.78. The molecule has 0 aliphatic carbocycles. The molecular weight excluding hydrogens is 176 g/mol. The first-order valence-corrected chi connectivity index (χ1v) is 5.55. The van der Waals surface area contributed by atoms with Crippen LogP contribution in [0.4, 0.5) is 0 Å². The average Bonchev–Trinajstić information content (AvgIpc) is 2.19. The van der Waals surface area contributed by atoms with Gasteiger partial charge in [0.2, 0.25) is 5.91 Å². The molecule has 3 heteroatoms. The molecule has 0 aromatic heterocycles. The number of rotatable bonds is 1. The Morgan fingerprint density at radius 1 is 1.43 bits per heavy atom. The predicted molar refractivity (Wildman–Crippen MR) is 62.4 cm³/mol. The maximum Gasteiger partial charge on any atom is 0.222 e. The monoisotopic (exact) mass is 202 g/mol. The summed E-state index contributed by atoms with van der Waals surface area (Å²) in [5.41, 5.74) is 0. The third-order valence-corrected chi connectivity index (χ3v) is 2.34. The van der Waals surface area contributed by atoms with Crippen molar-refractivity contribution in [1.82, 2.24) is 10.2 Å². The fourth-order valence-corrected chi connectivity index (χ4v) is 1.47. The van der Waals surface area contributed by atoms with Gasteiger partial charge in [-0.05, 0) is 33.0 Å². The Morgan fingerprint density at radius 3 is 2.21 bits per heavy atom. The minimum Gasteiger partial charge on any atom is -0.359 e. The smallest absolute Gasteiger partial charge is 0.222 e. The van der Waals surface area contributed by atoms with Gasteiger partial charge in [-0.1, -0.05) is 20.3 Å². The molecule has 1 aliphatic rings. The van der Waals surface area contributed by atoms with Crippen LogP contribution in [0.2, 0.25) is 0 Å². The highest BCUT2D eigenvalue weighted by Crippen LogP contribution is 2.15. The topological polar surface area (TPSA) is 32.3 Å². The Kier molecular flexibility index (Phi) is 7.48. The van der Waals surface area contributed by atoms with Crippen LogP contribution in [-0.2, 0) is 4.79 Å². The highest BCUT2D eigenvalue weighted by atomic mass is 16.1. The Labute approximate surface area is 89.3 Å². The van der Waals surface area contributed by atoms with E-state index in [0.29, 0.717) is 0 Å². The first-order valence-electron chi connectivity index (χ1n) is 5.55. The lowest BCUT2D eigenvalue weighted by molar-refractivity contribution is -0.125. The first kappa shape index (κ1) is 13.4. The second-order valence-corrected chi connectivity index (χ2v) is 3.90. The zero-order chi connectivity index (χ0) is 11.0. The number of hydrogen-bond acceptors (Lipinski definition) is 2. The van der Waals surface area contributed by atoms with Crippen LogP contribution in [0.5, 0.6) is 0 Å². The number of amides is 1. The standard InChI is InChI=1S/C8H16N2O.C3H8.H2/c1-9-8(11)7-3-5-10(2)6-4-7;1-3-2;/h7H,3-6H2,1-2H3,(H,9,11);3H2,1-2H3;1H. The van der Waals surface area contributed by atoms with E-state index < -0.39 is 0 Å². The number of nitrogens with one attached hydrogen (secondary N) is 1. The van der Waals surface area contributed by atoms with Crippen molar-refractivity contribution in [2.24, 2.45) is 5.92 Å². The van der Waals surface area contributed by atoms with Crippen molar-refractivity contribution in [3.05, 3.63) is 0 Å².